The van der Waals surface area contributed by atoms with Gasteiger partial charge in [0.25, 0.3) is 0 Å². The van der Waals surface area contributed by atoms with Gasteiger partial charge in [0.2, 0.25) is 12.3 Å². The highest BCUT2D eigenvalue weighted by molar-refractivity contribution is 5.83. The Morgan fingerprint density at radius 2 is 2.21 bits per heavy atom. The molecule has 5 heteroatoms. The molecule has 1 atom stereocenters. The average molecular weight is 199 g/mol. The number of carbonyl (C=O) groups excluding carboxylic acids is 2. The monoisotopic (exact) mass is 199 g/mol. The van der Waals surface area contributed by atoms with Crippen LogP contribution in [0.3, 0.4) is 0 Å². The number of nitrogens with zero attached hydrogens (tertiary/aromatic N) is 1. The fourth-order valence-electron chi connectivity index (χ4n) is 1.55. The quantitative estimate of drug-likeness (QED) is 0.568. The molecular formula is C9H17N3O2. The molecular weight excluding hydrogens is 182 g/mol. The first-order valence-electron chi connectivity index (χ1n) is 4.98. The third kappa shape index (κ3) is 2.70. The Kier molecular flexibility index (Phi) is 4.39. The first-order valence-corrected chi connectivity index (χ1v) is 4.98. The van der Waals surface area contributed by atoms with Gasteiger partial charge in [0.1, 0.15) is 6.04 Å². The molecule has 2 amide bonds. The maximum absolute atomic E-state index is 11.8. The summed E-state index contributed by atoms with van der Waals surface area (Å²) in [5.41, 5.74) is 0. The smallest absolute Gasteiger partial charge is 0.245 e. The van der Waals surface area contributed by atoms with Crippen LogP contribution >= 0.6 is 0 Å². The summed E-state index contributed by atoms with van der Waals surface area (Å²) >= 11 is 0. The molecule has 1 fully saturated rings. The van der Waals surface area contributed by atoms with E-state index in [0.717, 1.165) is 26.2 Å². The summed E-state index contributed by atoms with van der Waals surface area (Å²) < 4.78 is 0. The second-order valence-corrected chi connectivity index (χ2v) is 3.32. The van der Waals surface area contributed by atoms with Crippen LogP contribution in [0.4, 0.5) is 0 Å². The molecule has 0 aromatic heterocycles. The molecule has 5 nitrogen and oxygen atoms in total. The van der Waals surface area contributed by atoms with E-state index >= 15 is 0 Å². The van der Waals surface area contributed by atoms with Crippen LogP contribution in [0.25, 0.3) is 0 Å². The molecule has 14 heavy (non-hydrogen) atoms. The van der Waals surface area contributed by atoms with Gasteiger partial charge >= 0.3 is 0 Å². The summed E-state index contributed by atoms with van der Waals surface area (Å²) in [5, 5.41) is 5.71. The maximum Gasteiger partial charge on any atom is 0.245 e. The van der Waals surface area contributed by atoms with Crippen molar-refractivity contribution < 1.29 is 9.59 Å². The van der Waals surface area contributed by atoms with Gasteiger partial charge < -0.3 is 15.5 Å². The molecule has 80 valence electrons. The second kappa shape index (κ2) is 5.59. The van der Waals surface area contributed by atoms with E-state index in [1.165, 1.54) is 0 Å². The molecule has 0 saturated carbocycles. The maximum atomic E-state index is 11.8. The number of hydrogen-bond donors (Lipinski definition) is 2. The summed E-state index contributed by atoms with van der Waals surface area (Å²) in [6.45, 7) is 5.03. The van der Waals surface area contributed by atoms with Crippen LogP contribution < -0.4 is 10.6 Å². The Labute approximate surface area is 83.8 Å². The highest BCUT2D eigenvalue weighted by Crippen LogP contribution is 2.00. The van der Waals surface area contributed by atoms with Crippen LogP contribution in [-0.4, -0.2) is 49.4 Å². The van der Waals surface area contributed by atoms with Crippen molar-refractivity contribution in [1.82, 2.24) is 15.5 Å². The predicted octanol–water partition coefficient (Wildman–Crippen LogP) is -1.06. The molecule has 0 aliphatic carbocycles. The van der Waals surface area contributed by atoms with E-state index in [4.69, 9.17) is 0 Å². The Hall–Kier alpha value is -1.10. The van der Waals surface area contributed by atoms with Crippen molar-refractivity contribution in [3.8, 4) is 0 Å². The molecule has 1 unspecified atom stereocenters. The molecule has 1 aliphatic rings. The highest BCUT2D eigenvalue weighted by atomic mass is 16.2. The predicted molar refractivity (Wildman–Crippen MR) is 52.7 cm³/mol. The molecule has 1 aliphatic heterocycles. The summed E-state index contributed by atoms with van der Waals surface area (Å²) in [6.07, 6.45) is 1.23. The van der Waals surface area contributed by atoms with Gasteiger partial charge in [0, 0.05) is 26.2 Å². The van der Waals surface area contributed by atoms with Gasteiger partial charge in [-0.15, -0.1) is 0 Å². The van der Waals surface area contributed by atoms with Crippen molar-refractivity contribution in [2.24, 2.45) is 0 Å². The van der Waals surface area contributed by atoms with Crippen LogP contribution in [0.2, 0.25) is 0 Å². The number of carbonyl (C=O) groups is 2. The lowest BCUT2D eigenvalue weighted by molar-refractivity contribution is -0.135. The zero-order valence-electron chi connectivity index (χ0n) is 8.45. The zero-order valence-corrected chi connectivity index (χ0v) is 8.45. The zero-order chi connectivity index (χ0) is 10.4. The van der Waals surface area contributed by atoms with Gasteiger partial charge in [-0.05, 0) is 6.42 Å². The molecule has 0 aromatic carbocycles. The Morgan fingerprint density at radius 1 is 1.57 bits per heavy atom. The van der Waals surface area contributed by atoms with E-state index in [-0.39, 0.29) is 11.9 Å². The van der Waals surface area contributed by atoms with Crippen LogP contribution in [0.1, 0.15) is 13.3 Å². The van der Waals surface area contributed by atoms with Gasteiger partial charge in [-0.25, -0.2) is 0 Å². The Balaban J connectivity index is 2.47. The third-order valence-electron chi connectivity index (χ3n) is 2.40. The van der Waals surface area contributed by atoms with E-state index in [2.05, 4.69) is 10.6 Å². The van der Waals surface area contributed by atoms with Gasteiger partial charge in [0.05, 0.1) is 0 Å². The minimum atomic E-state index is -0.356. The summed E-state index contributed by atoms with van der Waals surface area (Å²) in [7, 11) is 0. The van der Waals surface area contributed by atoms with Crippen molar-refractivity contribution >= 4 is 12.3 Å². The lowest BCUT2D eigenvalue weighted by Gasteiger charge is -2.30. The Morgan fingerprint density at radius 3 is 2.71 bits per heavy atom. The summed E-state index contributed by atoms with van der Waals surface area (Å²) in [6, 6.07) is -0.356. The summed E-state index contributed by atoms with van der Waals surface area (Å²) in [5.74, 6) is 0.0288. The molecule has 2 N–H and O–H groups in total. The van der Waals surface area contributed by atoms with Gasteiger partial charge in [-0.3, -0.25) is 9.59 Å². The molecule has 1 saturated heterocycles. The lowest BCUT2D eigenvalue weighted by atomic mass is 10.2. The SMILES string of the molecule is CCC(NC=O)C(=O)N1CCNCC1. The Bertz CT molecular complexity index is 202. The molecule has 0 bridgehead atoms. The average Bonchev–Trinajstić information content (AvgIpc) is 2.26. The van der Waals surface area contributed by atoms with Crippen LogP contribution in [0.5, 0.6) is 0 Å². The molecule has 0 aromatic rings. The highest BCUT2D eigenvalue weighted by Gasteiger charge is 2.23. The first kappa shape index (κ1) is 11.0. The van der Waals surface area contributed by atoms with E-state index in [1.54, 1.807) is 4.90 Å². The number of rotatable bonds is 4. The van der Waals surface area contributed by atoms with Crippen molar-refractivity contribution in [1.29, 1.82) is 0 Å². The van der Waals surface area contributed by atoms with Gasteiger partial charge in [-0.1, -0.05) is 6.92 Å². The largest absolute Gasteiger partial charge is 0.347 e. The van der Waals surface area contributed by atoms with Gasteiger partial charge in [-0.2, -0.15) is 0 Å². The number of hydrogen-bond acceptors (Lipinski definition) is 3. The van der Waals surface area contributed by atoms with Crippen molar-refractivity contribution in [2.45, 2.75) is 19.4 Å². The van der Waals surface area contributed by atoms with Crippen LogP contribution in [0, 0.1) is 0 Å². The number of piperazine rings is 1. The van der Waals surface area contributed by atoms with Crippen molar-refractivity contribution in [3.63, 3.8) is 0 Å². The molecule has 1 heterocycles. The van der Waals surface area contributed by atoms with E-state index in [9.17, 15) is 9.59 Å². The molecule has 0 radical (unpaired) electrons. The molecule has 1 rings (SSSR count). The van der Waals surface area contributed by atoms with E-state index in [1.807, 2.05) is 6.92 Å². The van der Waals surface area contributed by atoms with Crippen molar-refractivity contribution in [3.05, 3.63) is 0 Å². The normalized spacial score (nSPS) is 18.8. The van der Waals surface area contributed by atoms with E-state index < -0.39 is 0 Å². The van der Waals surface area contributed by atoms with Crippen molar-refractivity contribution in [2.75, 3.05) is 26.2 Å². The second-order valence-electron chi connectivity index (χ2n) is 3.32. The topological polar surface area (TPSA) is 61.4 Å². The van der Waals surface area contributed by atoms with Crippen LogP contribution in [0.15, 0.2) is 0 Å². The lowest BCUT2D eigenvalue weighted by Crippen LogP contribution is -2.52. The standard InChI is InChI=1S/C9H17N3O2/c1-2-8(11-7-13)9(14)12-5-3-10-4-6-12/h7-8,10H,2-6H2,1H3,(H,11,13). The minimum absolute atomic E-state index is 0.0288. The third-order valence-corrected chi connectivity index (χ3v) is 2.40. The first-order chi connectivity index (χ1) is 6.79. The fraction of sp³-hybridized carbons (Fsp3) is 0.778. The van der Waals surface area contributed by atoms with Crippen LogP contribution in [-0.2, 0) is 9.59 Å². The van der Waals surface area contributed by atoms with E-state index in [0.29, 0.717) is 12.8 Å². The fourth-order valence-corrected chi connectivity index (χ4v) is 1.55. The minimum Gasteiger partial charge on any atom is -0.347 e. The summed E-state index contributed by atoms with van der Waals surface area (Å²) in [4.78, 5) is 23.9. The van der Waals surface area contributed by atoms with Gasteiger partial charge in [0.15, 0.2) is 0 Å². The number of nitrogens with one attached hydrogen (secondary N) is 2. The molecule has 0 spiro atoms. The number of amides is 2.